The van der Waals surface area contributed by atoms with Crippen LogP contribution in [0.15, 0.2) is 48.5 Å². The van der Waals surface area contributed by atoms with E-state index in [0.29, 0.717) is 24.5 Å². The Kier molecular flexibility index (Phi) is 9.77. The van der Waals surface area contributed by atoms with E-state index in [1.807, 2.05) is 24.3 Å². The predicted octanol–water partition coefficient (Wildman–Crippen LogP) is 4.46. The molecule has 162 valence electrons. The maximum atomic E-state index is 12.9. The molecule has 0 aliphatic heterocycles. The summed E-state index contributed by atoms with van der Waals surface area (Å²) in [5.74, 6) is -1.23. The minimum Gasteiger partial charge on any atom is -0.481 e. The van der Waals surface area contributed by atoms with Crippen LogP contribution < -0.4 is 5.32 Å². The molecule has 1 amide bonds. The summed E-state index contributed by atoms with van der Waals surface area (Å²) in [7, 11) is 0. The number of carbonyl (C=O) groups excluding carboxylic acids is 1. The second-order valence-corrected chi connectivity index (χ2v) is 7.70. The number of halogens is 2. The summed E-state index contributed by atoms with van der Waals surface area (Å²) in [4.78, 5) is 25.2. The monoisotopic (exact) mass is 434 g/mol. The van der Waals surface area contributed by atoms with E-state index >= 15 is 0 Å². The number of nitrogens with zero attached hydrogens (tertiary/aromatic N) is 1. The minimum absolute atomic E-state index is 0.103. The molecule has 7 heteroatoms. The van der Waals surface area contributed by atoms with Crippen molar-refractivity contribution in [2.24, 2.45) is 0 Å². The third kappa shape index (κ3) is 8.51. The van der Waals surface area contributed by atoms with E-state index in [1.165, 1.54) is 12.1 Å². The lowest BCUT2D eigenvalue weighted by Gasteiger charge is -2.29. The number of carbonyl (C=O) groups is 2. The van der Waals surface area contributed by atoms with E-state index in [1.54, 1.807) is 12.1 Å². The van der Waals surface area contributed by atoms with Crippen molar-refractivity contribution in [3.8, 4) is 0 Å². The Hall–Kier alpha value is -2.44. The third-order valence-corrected chi connectivity index (χ3v) is 5.21. The van der Waals surface area contributed by atoms with Gasteiger partial charge in [0, 0.05) is 30.6 Å². The summed E-state index contributed by atoms with van der Waals surface area (Å²) in [6.45, 7) is 3.97. The Morgan fingerprint density at radius 3 is 2.33 bits per heavy atom. The molecule has 0 bridgehead atoms. The van der Waals surface area contributed by atoms with Gasteiger partial charge in [0.15, 0.2) is 0 Å². The molecule has 1 unspecified atom stereocenters. The number of amides is 1. The normalized spacial score (nSPS) is 12.0. The van der Waals surface area contributed by atoms with Crippen molar-refractivity contribution in [3.63, 3.8) is 0 Å². The highest BCUT2D eigenvalue weighted by molar-refractivity contribution is 6.30. The largest absolute Gasteiger partial charge is 0.481 e. The molecule has 0 fully saturated rings. The number of hydrogen-bond acceptors (Lipinski definition) is 3. The zero-order chi connectivity index (χ0) is 21.9. The molecule has 0 heterocycles. The lowest BCUT2D eigenvalue weighted by molar-refractivity contribution is -0.137. The van der Waals surface area contributed by atoms with Crippen LogP contribution in [0, 0.1) is 5.82 Å². The fourth-order valence-corrected chi connectivity index (χ4v) is 3.37. The van der Waals surface area contributed by atoms with Gasteiger partial charge in [-0.15, -0.1) is 0 Å². The lowest BCUT2D eigenvalue weighted by Crippen LogP contribution is -2.33. The van der Waals surface area contributed by atoms with E-state index in [2.05, 4.69) is 17.1 Å². The van der Waals surface area contributed by atoms with Crippen molar-refractivity contribution in [1.29, 1.82) is 0 Å². The second kappa shape index (κ2) is 12.3. The molecular formula is C23H28ClFN2O3. The summed E-state index contributed by atoms with van der Waals surface area (Å²) in [5.41, 5.74) is 1.87. The molecule has 0 aliphatic carbocycles. The topological polar surface area (TPSA) is 69.6 Å². The fourth-order valence-electron chi connectivity index (χ4n) is 3.24. The zero-order valence-electron chi connectivity index (χ0n) is 17.1. The standard InChI is InChI=1S/C23H28ClFN2O3/c1-17(19-7-9-20(24)10-8-19)27(14-2-4-23(29)30)15-3-13-26-22(28)16-18-5-11-21(25)12-6-18/h5-12,17H,2-4,13-16H2,1H3,(H,26,28)(H,29,30). The first-order chi connectivity index (χ1) is 14.3. The Bertz CT molecular complexity index is 812. The number of benzene rings is 2. The van der Waals surface area contributed by atoms with Crippen molar-refractivity contribution in [3.05, 3.63) is 70.5 Å². The molecule has 2 aromatic carbocycles. The summed E-state index contributed by atoms with van der Waals surface area (Å²) >= 11 is 5.97. The zero-order valence-corrected chi connectivity index (χ0v) is 17.9. The molecule has 2 N–H and O–H groups in total. The van der Waals surface area contributed by atoms with Gasteiger partial charge in [-0.2, -0.15) is 0 Å². The van der Waals surface area contributed by atoms with Gasteiger partial charge in [-0.3, -0.25) is 14.5 Å². The lowest BCUT2D eigenvalue weighted by atomic mass is 10.1. The van der Waals surface area contributed by atoms with Gasteiger partial charge >= 0.3 is 5.97 Å². The molecule has 1 atom stereocenters. The molecule has 0 spiro atoms. The van der Waals surface area contributed by atoms with Crippen LogP contribution in [0.25, 0.3) is 0 Å². The maximum absolute atomic E-state index is 12.9. The van der Waals surface area contributed by atoms with Crippen molar-refractivity contribution < 1.29 is 19.1 Å². The minimum atomic E-state index is -0.804. The van der Waals surface area contributed by atoms with Gasteiger partial charge in [0.25, 0.3) is 0 Å². The molecule has 2 aromatic rings. The summed E-state index contributed by atoms with van der Waals surface area (Å²) in [6, 6.07) is 13.6. The Balaban J connectivity index is 1.83. The number of aliphatic carboxylic acids is 1. The van der Waals surface area contributed by atoms with Crippen LogP contribution in [-0.4, -0.2) is 41.5 Å². The van der Waals surface area contributed by atoms with Crippen LogP contribution in [0.1, 0.15) is 43.4 Å². The van der Waals surface area contributed by atoms with E-state index in [0.717, 1.165) is 24.1 Å². The Labute approximate surface area is 181 Å². The van der Waals surface area contributed by atoms with E-state index in [9.17, 15) is 14.0 Å². The molecule has 30 heavy (non-hydrogen) atoms. The first-order valence-corrected chi connectivity index (χ1v) is 10.5. The molecule has 2 rings (SSSR count). The van der Waals surface area contributed by atoms with Crippen molar-refractivity contribution in [2.45, 2.75) is 38.6 Å². The molecular weight excluding hydrogens is 407 g/mol. The molecule has 0 aromatic heterocycles. The van der Waals surface area contributed by atoms with Crippen LogP contribution in [0.2, 0.25) is 5.02 Å². The van der Waals surface area contributed by atoms with Crippen LogP contribution in [0.3, 0.4) is 0 Å². The van der Waals surface area contributed by atoms with Crippen molar-refractivity contribution >= 4 is 23.5 Å². The van der Waals surface area contributed by atoms with Gasteiger partial charge in [-0.1, -0.05) is 35.9 Å². The average Bonchev–Trinajstić information content (AvgIpc) is 2.71. The Morgan fingerprint density at radius 1 is 1.07 bits per heavy atom. The van der Waals surface area contributed by atoms with E-state index in [-0.39, 0.29) is 30.6 Å². The number of hydrogen-bond donors (Lipinski definition) is 2. The fraction of sp³-hybridized carbons (Fsp3) is 0.391. The van der Waals surface area contributed by atoms with Gasteiger partial charge in [0.2, 0.25) is 5.91 Å². The summed E-state index contributed by atoms with van der Waals surface area (Å²) in [6.07, 6.45) is 1.63. The van der Waals surface area contributed by atoms with Crippen LogP contribution in [0.4, 0.5) is 4.39 Å². The first kappa shape index (κ1) is 23.8. The third-order valence-electron chi connectivity index (χ3n) is 4.96. The quantitative estimate of drug-likeness (QED) is 0.484. The molecule has 0 radical (unpaired) electrons. The van der Waals surface area contributed by atoms with Crippen LogP contribution in [0.5, 0.6) is 0 Å². The highest BCUT2D eigenvalue weighted by Crippen LogP contribution is 2.22. The summed E-state index contributed by atoms with van der Waals surface area (Å²) < 4.78 is 12.9. The number of rotatable bonds is 12. The van der Waals surface area contributed by atoms with Gasteiger partial charge in [-0.25, -0.2) is 4.39 Å². The maximum Gasteiger partial charge on any atom is 0.303 e. The van der Waals surface area contributed by atoms with Gasteiger partial charge in [-0.05, 0) is 61.7 Å². The smallest absolute Gasteiger partial charge is 0.303 e. The van der Waals surface area contributed by atoms with E-state index < -0.39 is 5.97 Å². The number of carboxylic acid groups (broad SMARTS) is 1. The predicted molar refractivity (Wildman–Crippen MR) is 116 cm³/mol. The Morgan fingerprint density at radius 2 is 1.70 bits per heavy atom. The van der Waals surface area contributed by atoms with Crippen molar-refractivity contribution in [1.82, 2.24) is 10.2 Å². The SMILES string of the molecule is CC(c1ccc(Cl)cc1)N(CCCNC(=O)Cc1ccc(F)cc1)CCCC(=O)O. The van der Waals surface area contributed by atoms with E-state index in [4.69, 9.17) is 16.7 Å². The first-order valence-electron chi connectivity index (χ1n) is 10.1. The summed E-state index contributed by atoms with van der Waals surface area (Å²) in [5, 5.41) is 12.5. The number of nitrogens with one attached hydrogen (secondary N) is 1. The van der Waals surface area contributed by atoms with Gasteiger partial charge < -0.3 is 10.4 Å². The highest BCUT2D eigenvalue weighted by atomic mass is 35.5. The van der Waals surface area contributed by atoms with Crippen molar-refractivity contribution in [2.75, 3.05) is 19.6 Å². The highest BCUT2D eigenvalue weighted by Gasteiger charge is 2.16. The molecule has 5 nitrogen and oxygen atoms in total. The molecule has 0 saturated carbocycles. The van der Waals surface area contributed by atoms with Crippen LogP contribution in [-0.2, 0) is 16.0 Å². The molecule has 0 saturated heterocycles. The number of carboxylic acids is 1. The van der Waals surface area contributed by atoms with Gasteiger partial charge in [0.1, 0.15) is 5.82 Å². The van der Waals surface area contributed by atoms with Crippen LogP contribution >= 0.6 is 11.6 Å². The second-order valence-electron chi connectivity index (χ2n) is 7.27. The average molecular weight is 435 g/mol. The molecule has 0 aliphatic rings. The van der Waals surface area contributed by atoms with Gasteiger partial charge in [0.05, 0.1) is 6.42 Å².